The van der Waals surface area contributed by atoms with Gasteiger partial charge in [0, 0.05) is 25.7 Å². The van der Waals surface area contributed by atoms with Crippen molar-refractivity contribution in [1.29, 1.82) is 0 Å². The van der Waals surface area contributed by atoms with Crippen LogP contribution in [-0.2, 0) is 11.3 Å². The van der Waals surface area contributed by atoms with Crippen LogP contribution in [0.5, 0.6) is 0 Å². The highest BCUT2D eigenvalue weighted by Crippen LogP contribution is 2.17. The molecule has 1 atom stereocenters. The van der Waals surface area contributed by atoms with Crippen LogP contribution < -0.4 is 5.32 Å². The summed E-state index contributed by atoms with van der Waals surface area (Å²) in [5.41, 5.74) is 3.26. The van der Waals surface area contributed by atoms with Gasteiger partial charge in [0.2, 0.25) is 0 Å². The number of hydrogen-bond acceptors (Lipinski definition) is 3. The largest absolute Gasteiger partial charge is 0.378 e. The lowest BCUT2D eigenvalue weighted by atomic mass is 10.0. The fraction of sp³-hybridized carbons (Fsp3) is 0.381. The molecular formula is C21H26N2O2. The van der Waals surface area contributed by atoms with Gasteiger partial charge in [-0.1, -0.05) is 60.2 Å². The fourth-order valence-corrected chi connectivity index (χ4v) is 3.37. The predicted molar refractivity (Wildman–Crippen MR) is 99.0 cm³/mol. The molecule has 0 spiro atoms. The molecule has 1 aliphatic rings. The van der Waals surface area contributed by atoms with E-state index in [9.17, 15) is 9.90 Å². The van der Waals surface area contributed by atoms with Gasteiger partial charge in [-0.05, 0) is 30.9 Å². The van der Waals surface area contributed by atoms with Crippen molar-refractivity contribution in [3.63, 3.8) is 0 Å². The Balaban J connectivity index is 1.47. The number of piperidine rings is 1. The van der Waals surface area contributed by atoms with Gasteiger partial charge in [0.1, 0.15) is 0 Å². The average Bonchev–Trinajstić information content (AvgIpc) is 2.63. The Kier molecular flexibility index (Phi) is 5.84. The molecule has 1 amide bonds. The zero-order valence-corrected chi connectivity index (χ0v) is 14.7. The number of carbonyl (C=O) groups excluding carboxylic acids is 1. The first kappa shape index (κ1) is 17.6. The van der Waals surface area contributed by atoms with Crippen LogP contribution in [0.4, 0.5) is 0 Å². The molecule has 1 fully saturated rings. The molecule has 4 heteroatoms. The highest BCUT2D eigenvalue weighted by molar-refractivity contribution is 5.82. The zero-order chi connectivity index (χ0) is 17.6. The van der Waals surface area contributed by atoms with E-state index in [-0.39, 0.29) is 11.9 Å². The van der Waals surface area contributed by atoms with Gasteiger partial charge in [-0.15, -0.1) is 0 Å². The molecule has 0 aromatic heterocycles. The van der Waals surface area contributed by atoms with E-state index in [1.54, 1.807) is 12.1 Å². The van der Waals surface area contributed by atoms with Gasteiger partial charge >= 0.3 is 0 Å². The van der Waals surface area contributed by atoms with E-state index in [4.69, 9.17) is 0 Å². The van der Waals surface area contributed by atoms with Crippen molar-refractivity contribution in [2.24, 2.45) is 0 Å². The Bertz CT molecular complexity index is 694. The summed E-state index contributed by atoms with van der Waals surface area (Å²) in [6, 6.07) is 17.8. The summed E-state index contributed by atoms with van der Waals surface area (Å²) in [4.78, 5) is 14.7. The van der Waals surface area contributed by atoms with Crippen molar-refractivity contribution in [1.82, 2.24) is 10.2 Å². The third-order valence-corrected chi connectivity index (χ3v) is 4.79. The van der Waals surface area contributed by atoms with Crippen molar-refractivity contribution >= 4 is 5.91 Å². The summed E-state index contributed by atoms with van der Waals surface area (Å²) in [5, 5.41) is 13.2. The number of nitrogens with zero attached hydrogens (tertiary/aromatic N) is 1. The number of aliphatic hydroxyl groups excluding tert-OH is 1. The molecule has 132 valence electrons. The third-order valence-electron chi connectivity index (χ3n) is 4.79. The van der Waals surface area contributed by atoms with Gasteiger partial charge in [-0.25, -0.2) is 0 Å². The Morgan fingerprint density at radius 3 is 2.56 bits per heavy atom. The van der Waals surface area contributed by atoms with E-state index < -0.39 is 6.10 Å². The van der Waals surface area contributed by atoms with Crippen molar-refractivity contribution < 1.29 is 9.90 Å². The Morgan fingerprint density at radius 2 is 1.88 bits per heavy atom. The van der Waals surface area contributed by atoms with Gasteiger partial charge in [0.05, 0.1) is 0 Å². The number of likely N-dealkylation sites (tertiary alicyclic amines) is 1. The number of aryl methyl sites for hydroxylation is 1. The minimum atomic E-state index is -1.09. The summed E-state index contributed by atoms with van der Waals surface area (Å²) in [6.07, 6.45) is 0.740. The topological polar surface area (TPSA) is 52.6 Å². The summed E-state index contributed by atoms with van der Waals surface area (Å²) < 4.78 is 0. The van der Waals surface area contributed by atoms with E-state index in [1.807, 2.05) is 18.2 Å². The molecule has 1 unspecified atom stereocenters. The lowest BCUT2D eigenvalue weighted by Gasteiger charge is -2.32. The van der Waals surface area contributed by atoms with Gasteiger partial charge in [-0.3, -0.25) is 9.69 Å². The second kappa shape index (κ2) is 8.28. The molecule has 2 aromatic rings. The standard InChI is InChI=1S/C21H26N2O2/c1-16-6-5-7-17(14-16)15-23-12-10-19(11-13-23)22-21(25)20(24)18-8-3-2-4-9-18/h2-9,14,19-20,24H,10-13,15H2,1H3,(H,22,25). The second-order valence-electron chi connectivity index (χ2n) is 6.86. The van der Waals surface area contributed by atoms with Crippen molar-refractivity contribution in [3.05, 3.63) is 71.3 Å². The van der Waals surface area contributed by atoms with Crippen LogP contribution in [0.1, 0.15) is 35.6 Å². The summed E-state index contributed by atoms with van der Waals surface area (Å²) >= 11 is 0. The maximum Gasteiger partial charge on any atom is 0.253 e. The Labute approximate surface area is 149 Å². The smallest absolute Gasteiger partial charge is 0.253 e. The molecule has 0 aliphatic carbocycles. The van der Waals surface area contributed by atoms with Crippen LogP contribution in [0, 0.1) is 6.92 Å². The van der Waals surface area contributed by atoms with E-state index in [2.05, 4.69) is 41.4 Å². The Morgan fingerprint density at radius 1 is 1.16 bits per heavy atom. The molecule has 0 saturated carbocycles. The monoisotopic (exact) mass is 338 g/mol. The molecule has 1 saturated heterocycles. The van der Waals surface area contributed by atoms with Crippen molar-refractivity contribution in [2.75, 3.05) is 13.1 Å². The van der Waals surface area contributed by atoms with Crippen molar-refractivity contribution in [3.8, 4) is 0 Å². The molecule has 0 bridgehead atoms. The molecule has 1 heterocycles. The number of benzene rings is 2. The number of aliphatic hydroxyl groups is 1. The molecule has 4 nitrogen and oxygen atoms in total. The van der Waals surface area contributed by atoms with E-state index in [0.717, 1.165) is 32.5 Å². The molecule has 0 radical (unpaired) electrons. The molecule has 3 rings (SSSR count). The third kappa shape index (κ3) is 4.91. The number of nitrogens with one attached hydrogen (secondary N) is 1. The van der Waals surface area contributed by atoms with Gasteiger partial charge < -0.3 is 10.4 Å². The molecular weight excluding hydrogens is 312 g/mol. The SMILES string of the molecule is Cc1cccc(CN2CCC(NC(=O)C(O)c3ccccc3)CC2)c1. The first-order valence-corrected chi connectivity index (χ1v) is 8.93. The van der Waals surface area contributed by atoms with Gasteiger partial charge in [0.15, 0.2) is 6.10 Å². The van der Waals surface area contributed by atoms with Crippen molar-refractivity contribution in [2.45, 2.75) is 38.5 Å². The lowest BCUT2D eigenvalue weighted by molar-refractivity contribution is -0.130. The maximum atomic E-state index is 12.2. The lowest BCUT2D eigenvalue weighted by Crippen LogP contribution is -2.45. The highest BCUT2D eigenvalue weighted by Gasteiger charge is 2.24. The van der Waals surface area contributed by atoms with Crippen LogP contribution in [0.25, 0.3) is 0 Å². The summed E-state index contributed by atoms with van der Waals surface area (Å²) in [5.74, 6) is -0.302. The normalized spacial score (nSPS) is 17.2. The first-order chi connectivity index (χ1) is 12.1. The number of hydrogen-bond donors (Lipinski definition) is 2. The quantitative estimate of drug-likeness (QED) is 0.881. The molecule has 25 heavy (non-hydrogen) atoms. The maximum absolute atomic E-state index is 12.2. The van der Waals surface area contributed by atoms with Crippen LogP contribution in [0.2, 0.25) is 0 Å². The average molecular weight is 338 g/mol. The fourth-order valence-electron chi connectivity index (χ4n) is 3.37. The van der Waals surface area contributed by atoms with Crippen LogP contribution >= 0.6 is 0 Å². The minimum Gasteiger partial charge on any atom is -0.378 e. The summed E-state index contributed by atoms with van der Waals surface area (Å²) in [7, 11) is 0. The molecule has 2 aromatic carbocycles. The summed E-state index contributed by atoms with van der Waals surface area (Å²) in [6.45, 7) is 4.99. The van der Waals surface area contributed by atoms with Gasteiger partial charge in [0.25, 0.3) is 5.91 Å². The zero-order valence-electron chi connectivity index (χ0n) is 14.7. The Hall–Kier alpha value is -2.17. The number of amides is 1. The molecule has 2 N–H and O–H groups in total. The predicted octanol–water partition coefficient (Wildman–Crippen LogP) is 2.81. The minimum absolute atomic E-state index is 0.139. The number of carbonyl (C=O) groups is 1. The number of rotatable bonds is 5. The van der Waals surface area contributed by atoms with Crippen LogP contribution in [0.15, 0.2) is 54.6 Å². The van der Waals surface area contributed by atoms with E-state index in [1.165, 1.54) is 11.1 Å². The van der Waals surface area contributed by atoms with Crippen LogP contribution in [0.3, 0.4) is 0 Å². The first-order valence-electron chi connectivity index (χ1n) is 8.93. The van der Waals surface area contributed by atoms with E-state index >= 15 is 0 Å². The van der Waals surface area contributed by atoms with E-state index in [0.29, 0.717) is 5.56 Å². The molecule has 1 aliphatic heterocycles. The second-order valence-corrected chi connectivity index (χ2v) is 6.86. The highest BCUT2D eigenvalue weighted by atomic mass is 16.3. The van der Waals surface area contributed by atoms with Gasteiger partial charge in [-0.2, -0.15) is 0 Å². The van der Waals surface area contributed by atoms with Crippen LogP contribution in [-0.4, -0.2) is 35.0 Å².